The van der Waals surface area contributed by atoms with Gasteiger partial charge in [-0.05, 0) is 49.2 Å². The summed E-state index contributed by atoms with van der Waals surface area (Å²) in [6.45, 7) is 1.10. The first-order chi connectivity index (χ1) is 14.0. The molecular weight excluding hydrogens is 370 g/mol. The SMILES string of the molecule is COc1ccc(OC)c(CNC(=O)c2ccc3c(c2)N(C)[C@H]2CCCN2C3=O)c1. The van der Waals surface area contributed by atoms with Crippen molar-refractivity contribution >= 4 is 17.5 Å². The third-order valence-electron chi connectivity index (χ3n) is 5.73. The van der Waals surface area contributed by atoms with Crippen molar-refractivity contribution < 1.29 is 19.1 Å². The van der Waals surface area contributed by atoms with Crippen LogP contribution in [-0.4, -0.2) is 50.7 Å². The van der Waals surface area contributed by atoms with Crippen LogP contribution in [0.15, 0.2) is 36.4 Å². The predicted octanol–water partition coefficient (Wildman–Crippen LogP) is 2.65. The Kier molecular flexibility index (Phi) is 5.05. The Morgan fingerprint density at radius 2 is 2.00 bits per heavy atom. The van der Waals surface area contributed by atoms with Gasteiger partial charge in [0, 0.05) is 31.3 Å². The van der Waals surface area contributed by atoms with Gasteiger partial charge in [-0.2, -0.15) is 0 Å². The number of methoxy groups -OCH3 is 2. The fourth-order valence-corrected chi connectivity index (χ4v) is 4.15. The second-order valence-corrected chi connectivity index (χ2v) is 7.32. The Morgan fingerprint density at radius 3 is 2.76 bits per heavy atom. The summed E-state index contributed by atoms with van der Waals surface area (Å²) >= 11 is 0. The highest BCUT2D eigenvalue weighted by atomic mass is 16.5. The number of hydrogen-bond acceptors (Lipinski definition) is 5. The maximum Gasteiger partial charge on any atom is 0.257 e. The van der Waals surface area contributed by atoms with Crippen molar-refractivity contribution in [1.82, 2.24) is 10.2 Å². The minimum Gasteiger partial charge on any atom is -0.497 e. The zero-order chi connectivity index (χ0) is 20.5. The van der Waals surface area contributed by atoms with Crippen LogP contribution in [-0.2, 0) is 6.54 Å². The standard InChI is InChI=1S/C22H25N3O4/c1-24-18-12-14(6-8-17(18)22(27)25-10-4-5-20(24)25)21(26)23-13-15-11-16(28-2)7-9-19(15)29-3/h6-9,11-12,20H,4-5,10,13H2,1-3H3,(H,23,26)/t20-/m1/s1. The number of fused-ring (bicyclic) bond motifs is 2. The minimum absolute atomic E-state index is 0.0497. The monoisotopic (exact) mass is 395 g/mol. The molecule has 0 radical (unpaired) electrons. The van der Waals surface area contributed by atoms with Gasteiger partial charge in [-0.1, -0.05) is 0 Å². The molecule has 0 spiro atoms. The fourth-order valence-electron chi connectivity index (χ4n) is 4.15. The van der Waals surface area contributed by atoms with Crippen LogP contribution in [0.3, 0.4) is 0 Å². The van der Waals surface area contributed by atoms with Crippen LogP contribution >= 0.6 is 0 Å². The maximum absolute atomic E-state index is 12.8. The molecule has 2 aromatic carbocycles. The lowest BCUT2D eigenvalue weighted by Crippen LogP contribution is -2.50. The largest absolute Gasteiger partial charge is 0.497 e. The lowest BCUT2D eigenvalue weighted by Gasteiger charge is -2.40. The van der Waals surface area contributed by atoms with Gasteiger partial charge >= 0.3 is 0 Å². The summed E-state index contributed by atoms with van der Waals surface area (Å²) in [5, 5.41) is 2.93. The van der Waals surface area contributed by atoms with E-state index in [1.165, 1.54) is 0 Å². The van der Waals surface area contributed by atoms with Crippen molar-refractivity contribution in [2.24, 2.45) is 0 Å². The maximum atomic E-state index is 12.8. The first-order valence-electron chi connectivity index (χ1n) is 9.70. The zero-order valence-electron chi connectivity index (χ0n) is 16.9. The number of benzene rings is 2. The van der Waals surface area contributed by atoms with Crippen LogP contribution in [0.5, 0.6) is 11.5 Å². The van der Waals surface area contributed by atoms with Gasteiger partial charge in [0.1, 0.15) is 17.7 Å². The average Bonchev–Trinajstić information content (AvgIpc) is 3.25. The highest BCUT2D eigenvalue weighted by molar-refractivity contribution is 6.04. The first kappa shape index (κ1) is 19.1. The second-order valence-electron chi connectivity index (χ2n) is 7.32. The molecule has 152 valence electrons. The summed E-state index contributed by atoms with van der Waals surface area (Å²) in [5.74, 6) is 1.23. The average molecular weight is 395 g/mol. The number of carbonyl (C=O) groups excluding carboxylic acids is 2. The molecule has 2 aliphatic heterocycles. The van der Waals surface area contributed by atoms with Gasteiger partial charge in [0.2, 0.25) is 0 Å². The van der Waals surface area contributed by atoms with Crippen LogP contribution in [0, 0.1) is 0 Å². The molecule has 2 heterocycles. The summed E-state index contributed by atoms with van der Waals surface area (Å²) in [7, 11) is 5.17. The van der Waals surface area contributed by atoms with Crippen molar-refractivity contribution in [2.45, 2.75) is 25.6 Å². The van der Waals surface area contributed by atoms with E-state index in [0.717, 1.165) is 30.6 Å². The number of carbonyl (C=O) groups is 2. The van der Waals surface area contributed by atoms with Crippen LogP contribution in [0.25, 0.3) is 0 Å². The summed E-state index contributed by atoms with van der Waals surface area (Å²) in [6.07, 6.45) is 2.03. The Balaban J connectivity index is 1.54. The third-order valence-corrected chi connectivity index (χ3v) is 5.73. The van der Waals surface area contributed by atoms with Crippen molar-refractivity contribution in [3.63, 3.8) is 0 Å². The molecular formula is C22H25N3O4. The smallest absolute Gasteiger partial charge is 0.257 e. The molecule has 7 heteroatoms. The summed E-state index contributed by atoms with van der Waals surface area (Å²) in [4.78, 5) is 29.5. The lowest BCUT2D eigenvalue weighted by molar-refractivity contribution is 0.0719. The third kappa shape index (κ3) is 3.37. The van der Waals surface area contributed by atoms with Gasteiger partial charge in [0.05, 0.1) is 25.5 Å². The molecule has 2 aromatic rings. The van der Waals surface area contributed by atoms with Crippen molar-refractivity contribution in [3.8, 4) is 11.5 Å². The number of anilines is 1. The highest BCUT2D eigenvalue weighted by Crippen LogP contribution is 2.35. The molecule has 2 aliphatic rings. The molecule has 1 atom stereocenters. The van der Waals surface area contributed by atoms with E-state index >= 15 is 0 Å². The van der Waals surface area contributed by atoms with E-state index in [1.807, 2.05) is 30.1 Å². The fraction of sp³-hybridized carbons (Fsp3) is 0.364. The van der Waals surface area contributed by atoms with Crippen LogP contribution in [0.2, 0.25) is 0 Å². The molecule has 4 rings (SSSR count). The van der Waals surface area contributed by atoms with Gasteiger partial charge in [-0.3, -0.25) is 9.59 Å². The van der Waals surface area contributed by atoms with Gasteiger partial charge in [-0.15, -0.1) is 0 Å². The molecule has 7 nitrogen and oxygen atoms in total. The molecule has 1 fully saturated rings. The minimum atomic E-state index is -0.202. The normalized spacial score (nSPS) is 17.6. The molecule has 0 bridgehead atoms. The number of amides is 2. The molecule has 0 aromatic heterocycles. The Labute approximate surface area is 170 Å². The first-order valence-corrected chi connectivity index (χ1v) is 9.70. The molecule has 2 amide bonds. The Morgan fingerprint density at radius 1 is 1.17 bits per heavy atom. The number of nitrogens with zero attached hydrogens (tertiary/aromatic N) is 2. The van der Waals surface area contributed by atoms with Crippen LogP contribution < -0.4 is 19.7 Å². The molecule has 0 aliphatic carbocycles. The van der Waals surface area contributed by atoms with Gasteiger partial charge in [0.15, 0.2) is 0 Å². The van der Waals surface area contributed by atoms with Gasteiger partial charge in [-0.25, -0.2) is 0 Å². The topological polar surface area (TPSA) is 71.1 Å². The Bertz CT molecular complexity index is 959. The quantitative estimate of drug-likeness (QED) is 0.843. The van der Waals surface area contributed by atoms with Gasteiger partial charge < -0.3 is 24.6 Å². The molecule has 0 unspecified atom stereocenters. The van der Waals surface area contributed by atoms with Crippen molar-refractivity contribution in [3.05, 3.63) is 53.1 Å². The molecule has 1 N–H and O–H groups in total. The van der Waals surface area contributed by atoms with E-state index < -0.39 is 0 Å². The van der Waals surface area contributed by atoms with E-state index in [1.54, 1.807) is 32.4 Å². The number of rotatable bonds is 5. The predicted molar refractivity (Wildman–Crippen MR) is 110 cm³/mol. The number of hydrogen-bond donors (Lipinski definition) is 1. The van der Waals surface area contributed by atoms with Crippen LogP contribution in [0.1, 0.15) is 39.1 Å². The van der Waals surface area contributed by atoms with E-state index in [2.05, 4.69) is 10.2 Å². The van der Waals surface area contributed by atoms with Crippen molar-refractivity contribution in [1.29, 1.82) is 0 Å². The highest BCUT2D eigenvalue weighted by Gasteiger charge is 2.38. The summed E-state index contributed by atoms with van der Waals surface area (Å²) < 4.78 is 10.6. The Hall–Kier alpha value is -3.22. The van der Waals surface area contributed by atoms with Gasteiger partial charge in [0.25, 0.3) is 11.8 Å². The molecule has 29 heavy (non-hydrogen) atoms. The summed E-state index contributed by atoms with van der Waals surface area (Å²) in [6, 6.07) is 10.7. The zero-order valence-corrected chi connectivity index (χ0v) is 16.9. The van der Waals surface area contributed by atoms with Crippen LogP contribution in [0.4, 0.5) is 5.69 Å². The molecule has 1 saturated heterocycles. The number of nitrogens with one attached hydrogen (secondary N) is 1. The lowest BCUT2D eigenvalue weighted by atomic mass is 10.0. The van der Waals surface area contributed by atoms with E-state index in [-0.39, 0.29) is 18.0 Å². The molecule has 0 saturated carbocycles. The second kappa shape index (κ2) is 7.66. The van der Waals surface area contributed by atoms with E-state index in [4.69, 9.17) is 9.47 Å². The van der Waals surface area contributed by atoms with E-state index in [9.17, 15) is 9.59 Å². The van der Waals surface area contributed by atoms with Crippen molar-refractivity contribution in [2.75, 3.05) is 32.7 Å². The van der Waals surface area contributed by atoms with E-state index in [0.29, 0.717) is 29.2 Å². The number of ether oxygens (including phenoxy) is 2. The summed E-state index contributed by atoms with van der Waals surface area (Å²) in [5.41, 5.74) is 2.81.